The second-order valence-electron chi connectivity index (χ2n) is 7.23. The maximum atomic E-state index is 4.57. The van der Waals surface area contributed by atoms with Gasteiger partial charge in [-0.1, -0.05) is 115 Å². The third-order valence-electron chi connectivity index (χ3n) is 5.22. The van der Waals surface area contributed by atoms with Crippen molar-refractivity contribution in [3.8, 4) is 33.9 Å². The summed E-state index contributed by atoms with van der Waals surface area (Å²) in [5.74, 6) is 1.75. The Balaban J connectivity index is 1.57. The van der Waals surface area contributed by atoms with Gasteiger partial charge in [0.05, 0.1) is 6.54 Å². The molecule has 30 heavy (non-hydrogen) atoms. The van der Waals surface area contributed by atoms with Gasteiger partial charge in [0.1, 0.15) is 0 Å². The van der Waals surface area contributed by atoms with Crippen molar-refractivity contribution >= 4 is 0 Å². The zero-order chi connectivity index (χ0) is 20.2. The summed E-state index contributed by atoms with van der Waals surface area (Å²) in [6.07, 6.45) is 0. The van der Waals surface area contributed by atoms with E-state index in [2.05, 4.69) is 99.7 Å². The Morgan fingerprint density at radius 2 is 0.833 bits per heavy atom. The van der Waals surface area contributed by atoms with Crippen LogP contribution in [0.3, 0.4) is 0 Å². The average molecular weight is 387 g/mol. The van der Waals surface area contributed by atoms with E-state index >= 15 is 0 Å². The molecule has 1 heterocycles. The number of rotatable bonds is 5. The van der Waals surface area contributed by atoms with E-state index < -0.39 is 0 Å². The van der Waals surface area contributed by atoms with Gasteiger partial charge in [0, 0.05) is 11.1 Å². The van der Waals surface area contributed by atoms with Crippen molar-refractivity contribution in [1.82, 2.24) is 14.8 Å². The van der Waals surface area contributed by atoms with Gasteiger partial charge in [0.25, 0.3) is 0 Å². The Kier molecular flexibility index (Phi) is 4.93. The molecule has 5 aromatic rings. The molecule has 3 heteroatoms. The molecule has 0 saturated heterocycles. The topological polar surface area (TPSA) is 30.7 Å². The molecular formula is C27H21N3. The summed E-state index contributed by atoms with van der Waals surface area (Å²) < 4.78 is 2.20. The van der Waals surface area contributed by atoms with E-state index in [1.165, 1.54) is 16.7 Å². The lowest BCUT2D eigenvalue weighted by Crippen LogP contribution is -2.04. The summed E-state index contributed by atoms with van der Waals surface area (Å²) in [5.41, 5.74) is 5.74. The lowest BCUT2D eigenvalue weighted by atomic mass is 10.0. The van der Waals surface area contributed by atoms with Crippen LogP contribution in [0.4, 0.5) is 0 Å². The van der Waals surface area contributed by atoms with Crippen LogP contribution in [0.15, 0.2) is 115 Å². The zero-order valence-corrected chi connectivity index (χ0v) is 16.5. The van der Waals surface area contributed by atoms with Crippen LogP contribution in [0.1, 0.15) is 5.56 Å². The van der Waals surface area contributed by atoms with Gasteiger partial charge >= 0.3 is 0 Å². The molecule has 0 spiro atoms. The fourth-order valence-electron chi connectivity index (χ4n) is 3.68. The molecule has 5 rings (SSSR count). The van der Waals surface area contributed by atoms with Crippen molar-refractivity contribution in [2.75, 3.05) is 0 Å². The average Bonchev–Trinajstić information content (AvgIpc) is 3.24. The highest BCUT2D eigenvalue weighted by atomic mass is 15.3. The molecular weight excluding hydrogens is 366 g/mol. The van der Waals surface area contributed by atoms with Crippen LogP contribution >= 0.6 is 0 Å². The van der Waals surface area contributed by atoms with Gasteiger partial charge in [-0.3, -0.25) is 0 Å². The van der Waals surface area contributed by atoms with Gasteiger partial charge in [-0.25, -0.2) is 0 Å². The zero-order valence-electron chi connectivity index (χ0n) is 16.5. The second-order valence-corrected chi connectivity index (χ2v) is 7.23. The summed E-state index contributed by atoms with van der Waals surface area (Å²) in [6, 6.07) is 39.6. The molecule has 0 atom stereocenters. The second kappa shape index (κ2) is 8.18. The molecule has 144 valence electrons. The van der Waals surface area contributed by atoms with Crippen molar-refractivity contribution in [2.24, 2.45) is 0 Å². The number of aromatic nitrogens is 3. The largest absolute Gasteiger partial charge is 0.303 e. The SMILES string of the molecule is c1ccc(Cn2c(-c3ccccc3)nnc2-c2ccc(-c3ccccc3)cc2)cc1. The number of benzene rings is 4. The summed E-state index contributed by atoms with van der Waals surface area (Å²) in [5, 5.41) is 9.13. The van der Waals surface area contributed by atoms with Gasteiger partial charge in [-0.15, -0.1) is 10.2 Å². The van der Waals surface area contributed by atoms with E-state index in [0.29, 0.717) is 6.54 Å². The van der Waals surface area contributed by atoms with E-state index in [-0.39, 0.29) is 0 Å². The van der Waals surface area contributed by atoms with Crippen molar-refractivity contribution in [2.45, 2.75) is 6.54 Å². The first-order valence-corrected chi connectivity index (χ1v) is 10.1. The standard InChI is InChI=1S/C27H21N3/c1-4-10-21(11-5-1)20-30-26(24-14-8-3-9-15-24)28-29-27(30)25-18-16-23(17-19-25)22-12-6-2-7-13-22/h1-19H,20H2. The highest BCUT2D eigenvalue weighted by Crippen LogP contribution is 2.28. The number of hydrogen-bond acceptors (Lipinski definition) is 2. The van der Waals surface area contributed by atoms with Crippen LogP contribution in [0.25, 0.3) is 33.9 Å². The summed E-state index contributed by atoms with van der Waals surface area (Å²) in [7, 11) is 0. The smallest absolute Gasteiger partial charge is 0.164 e. The molecule has 0 fully saturated rings. The Hall–Kier alpha value is -3.98. The van der Waals surface area contributed by atoms with Gasteiger partial charge < -0.3 is 4.57 Å². The number of nitrogens with zero attached hydrogens (tertiary/aromatic N) is 3. The molecule has 0 saturated carbocycles. The van der Waals surface area contributed by atoms with Crippen LogP contribution in [0, 0.1) is 0 Å². The van der Waals surface area contributed by atoms with Crippen molar-refractivity contribution < 1.29 is 0 Å². The maximum Gasteiger partial charge on any atom is 0.164 e. The molecule has 0 radical (unpaired) electrons. The van der Waals surface area contributed by atoms with Gasteiger partial charge in [-0.2, -0.15) is 0 Å². The molecule has 0 aliphatic rings. The van der Waals surface area contributed by atoms with E-state index in [4.69, 9.17) is 0 Å². The lowest BCUT2D eigenvalue weighted by Gasteiger charge is -2.11. The van der Waals surface area contributed by atoms with E-state index in [0.717, 1.165) is 22.8 Å². The van der Waals surface area contributed by atoms with Gasteiger partial charge in [-0.05, 0) is 16.7 Å². The minimum atomic E-state index is 0.716. The molecule has 0 unspecified atom stereocenters. The molecule has 0 aliphatic carbocycles. The Morgan fingerprint density at radius 3 is 1.40 bits per heavy atom. The van der Waals surface area contributed by atoms with E-state index in [1.54, 1.807) is 0 Å². The van der Waals surface area contributed by atoms with Crippen LogP contribution in [-0.2, 0) is 6.54 Å². The minimum Gasteiger partial charge on any atom is -0.303 e. The van der Waals surface area contributed by atoms with Crippen molar-refractivity contribution in [1.29, 1.82) is 0 Å². The molecule has 4 aromatic carbocycles. The molecule has 0 N–H and O–H groups in total. The number of hydrogen-bond donors (Lipinski definition) is 0. The molecule has 0 aliphatic heterocycles. The Labute approximate surface area is 176 Å². The van der Waals surface area contributed by atoms with E-state index in [1.807, 2.05) is 30.3 Å². The van der Waals surface area contributed by atoms with Crippen LogP contribution in [-0.4, -0.2) is 14.8 Å². The lowest BCUT2D eigenvalue weighted by molar-refractivity contribution is 0.812. The maximum absolute atomic E-state index is 4.57. The molecule has 1 aromatic heterocycles. The first-order chi connectivity index (χ1) is 14.9. The fraction of sp³-hybridized carbons (Fsp3) is 0.0370. The quantitative estimate of drug-likeness (QED) is 0.353. The third kappa shape index (κ3) is 3.65. The summed E-state index contributed by atoms with van der Waals surface area (Å²) in [4.78, 5) is 0. The molecule has 0 amide bonds. The Morgan fingerprint density at radius 1 is 0.433 bits per heavy atom. The van der Waals surface area contributed by atoms with Crippen LogP contribution in [0.2, 0.25) is 0 Å². The van der Waals surface area contributed by atoms with Crippen LogP contribution < -0.4 is 0 Å². The van der Waals surface area contributed by atoms with E-state index in [9.17, 15) is 0 Å². The van der Waals surface area contributed by atoms with Gasteiger partial charge in [0.2, 0.25) is 0 Å². The normalized spacial score (nSPS) is 10.8. The van der Waals surface area contributed by atoms with Gasteiger partial charge in [0.15, 0.2) is 11.6 Å². The predicted molar refractivity (Wildman–Crippen MR) is 122 cm³/mol. The van der Waals surface area contributed by atoms with Crippen molar-refractivity contribution in [3.05, 3.63) is 121 Å². The molecule has 0 bridgehead atoms. The fourth-order valence-corrected chi connectivity index (χ4v) is 3.68. The summed E-state index contributed by atoms with van der Waals surface area (Å²) >= 11 is 0. The first-order valence-electron chi connectivity index (χ1n) is 10.1. The first kappa shape index (κ1) is 18.1. The summed E-state index contributed by atoms with van der Waals surface area (Å²) in [6.45, 7) is 0.716. The third-order valence-corrected chi connectivity index (χ3v) is 5.22. The monoisotopic (exact) mass is 387 g/mol. The Bertz CT molecular complexity index is 1230. The van der Waals surface area contributed by atoms with Crippen molar-refractivity contribution in [3.63, 3.8) is 0 Å². The highest BCUT2D eigenvalue weighted by Gasteiger charge is 2.16. The highest BCUT2D eigenvalue weighted by molar-refractivity contribution is 5.69. The predicted octanol–water partition coefficient (Wildman–Crippen LogP) is 6.33. The molecule has 3 nitrogen and oxygen atoms in total. The minimum absolute atomic E-state index is 0.716. The van der Waals surface area contributed by atoms with Crippen LogP contribution in [0.5, 0.6) is 0 Å².